The molecule has 1 saturated carbocycles. The molecule has 0 aromatic heterocycles. The van der Waals surface area contributed by atoms with Crippen molar-refractivity contribution in [2.24, 2.45) is 5.41 Å². The molecular weight excluding hydrogens is 186 g/mol. The van der Waals surface area contributed by atoms with Crippen LogP contribution in [-0.2, 0) is 4.79 Å². The van der Waals surface area contributed by atoms with Crippen molar-refractivity contribution in [2.75, 3.05) is 0 Å². The summed E-state index contributed by atoms with van der Waals surface area (Å²) in [5, 5.41) is -0.488. The van der Waals surface area contributed by atoms with Crippen LogP contribution in [-0.4, -0.2) is 11.2 Å². The zero-order valence-corrected chi connectivity index (χ0v) is 7.63. The molecular formula is C8H11ClF2O. The monoisotopic (exact) mass is 196 g/mol. The van der Waals surface area contributed by atoms with Crippen LogP contribution in [0.3, 0.4) is 0 Å². The van der Waals surface area contributed by atoms with Gasteiger partial charge in [-0.05, 0) is 24.4 Å². The molecule has 0 N–H and O–H groups in total. The Morgan fingerprint density at radius 1 is 1.25 bits per heavy atom. The second-order valence-electron chi connectivity index (χ2n) is 3.69. The molecule has 70 valence electrons. The van der Waals surface area contributed by atoms with Gasteiger partial charge in [-0.25, -0.2) is 8.78 Å². The van der Waals surface area contributed by atoms with Gasteiger partial charge in [0.25, 0.3) is 0 Å². The summed E-state index contributed by atoms with van der Waals surface area (Å²) in [5.74, 6) is -2.59. The van der Waals surface area contributed by atoms with E-state index >= 15 is 0 Å². The van der Waals surface area contributed by atoms with Crippen LogP contribution in [0.15, 0.2) is 0 Å². The lowest BCUT2D eigenvalue weighted by atomic mass is 9.75. The third-order valence-electron chi connectivity index (χ3n) is 2.56. The second kappa shape index (κ2) is 2.95. The number of alkyl halides is 2. The predicted octanol–water partition coefficient (Wildman–Crippen LogP) is 2.97. The van der Waals surface area contributed by atoms with Crippen LogP contribution < -0.4 is 0 Å². The van der Waals surface area contributed by atoms with Crippen molar-refractivity contribution in [1.82, 2.24) is 0 Å². The zero-order chi connectivity index (χ0) is 9.41. The molecule has 1 rings (SSSR count). The van der Waals surface area contributed by atoms with Crippen LogP contribution in [0.1, 0.15) is 32.6 Å². The molecule has 0 saturated heterocycles. The standard InChI is InChI=1S/C8H11ClF2O/c1-7(6(9)12)2-4-8(10,11)5-3-7/h2-5H2,1H3. The minimum Gasteiger partial charge on any atom is -0.281 e. The van der Waals surface area contributed by atoms with Crippen molar-refractivity contribution in [3.8, 4) is 0 Å². The first-order chi connectivity index (χ1) is 5.36. The highest BCUT2D eigenvalue weighted by Gasteiger charge is 2.43. The van der Waals surface area contributed by atoms with Crippen molar-refractivity contribution in [3.63, 3.8) is 0 Å². The van der Waals surface area contributed by atoms with Gasteiger partial charge in [-0.3, -0.25) is 4.79 Å². The van der Waals surface area contributed by atoms with E-state index in [1.54, 1.807) is 6.92 Å². The average Bonchev–Trinajstić information content (AvgIpc) is 1.96. The Morgan fingerprint density at radius 2 is 1.67 bits per heavy atom. The van der Waals surface area contributed by atoms with Gasteiger partial charge in [-0.15, -0.1) is 0 Å². The average molecular weight is 197 g/mol. The maximum absolute atomic E-state index is 12.7. The van der Waals surface area contributed by atoms with Crippen LogP contribution in [0.5, 0.6) is 0 Å². The molecule has 0 aliphatic heterocycles. The van der Waals surface area contributed by atoms with Crippen LogP contribution >= 0.6 is 11.6 Å². The molecule has 1 aliphatic rings. The minimum atomic E-state index is -2.59. The van der Waals surface area contributed by atoms with Gasteiger partial charge >= 0.3 is 0 Å². The lowest BCUT2D eigenvalue weighted by molar-refractivity contribution is -0.127. The summed E-state index contributed by atoms with van der Waals surface area (Å²) in [7, 11) is 0. The minimum absolute atomic E-state index is 0.197. The van der Waals surface area contributed by atoms with E-state index in [-0.39, 0.29) is 25.7 Å². The lowest BCUT2D eigenvalue weighted by Gasteiger charge is -2.33. The maximum atomic E-state index is 12.7. The summed E-state index contributed by atoms with van der Waals surface area (Å²) in [6.07, 6.45) is -0.0470. The van der Waals surface area contributed by atoms with Gasteiger partial charge < -0.3 is 0 Å². The molecule has 4 heteroatoms. The molecule has 0 unspecified atom stereocenters. The highest BCUT2D eigenvalue weighted by Crippen LogP contribution is 2.44. The summed E-state index contributed by atoms with van der Waals surface area (Å²) in [6.45, 7) is 1.65. The van der Waals surface area contributed by atoms with Crippen LogP contribution in [0, 0.1) is 5.41 Å². The quantitative estimate of drug-likeness (QED) is 0.590. The molecule has 1 aliphatic carbocycles. The Balaban J connectivity index is 2.62. The van der Waals surface area contributed by atoms with E-state index in [9.17, 15) is 13.6 Å². The van der Waals surface area contributed by atoms with E-state index in [0.717, 1.165) is 0 Å². The SMILES string of the molecule is CC1(C(=O)Cl)CCC(F)(F)CC1. The Hall–Kier alpha value is -0.180. The van der Waals surface area contributed by atoms with Gasteiger partial charge in [0, 0.05) is 18.3 Å². The van der Waals surface area contributed by atoms with Gasteiger partial charge in [0.1, 0.15) is 0 Å². The van der Waals surface area contributed by atoms with Crippen LogP contribution in [0.25, 0.3) is 0 Å². The summed E-state index contributed by atoms with van der Waals surface area (Å²) in [6, 6.07) is 0. The molecule has 0 bridgehead atoms. The van der Waals surface area contributed by atoms with Gasteiger partial charge in [-0.1, -0.05) is 6.92 Å². The van der Waals surface area contributed by atoms with E-state index in [1.165, 1.54) is 0 Å². The van der Waals surface area contributed by atoms with E-state index in [0.29, 0.717) is 0 Å². The Labute approximate surface area is 75.1 Å². The molecule has 0 heterocycles. The molecule has 0 spiro atoms. The van der Waals surface area contributed by atoms with Crippen molar-refractivity contribution in [2.45, 2.75) is 38.5 Å². The molecule has 0 aromatic rings. The van der Waals surface area contributed by atoms with E-state index < -0.39 is 16.6 Å². The molecule has 12 heavy (non-hydrogen) atoms. The smallest absolute Gasteiger partial charge is 0.248 e. The van der Waals surface area contributed by atoms with Crippen molar-refractivity contribution >= 4 is 16.8 Å². The first kappa shape index (κ1) is 9.90. The summed E-state index contributed by atoms with van der Waals surface area (Å²) in [4.78, 5) is 10.9. The highest BCUT2D eigenvalue weighted by molar-refractivity contribution is 6.64. The summed E-state index contributed by atoms with van der Waals surface area (Å²) in [5.41, 5.74) is -0.719. The fraction of sp³-hybridized carbons (Fsp3) is 0.875. The number of carbonyl (C=O) groups is 1. The van der Waals surface area contributed by atoms with Crippen molar-refractivity contribution in [1.29, 1.82) is 0 Å². The molecule has 0 atom stereocenters. The predicted molar refractivity (Wildman–Crippen MR) is 42.4 cm³/mol. The molecule has 1 fully saturated rings. The van der Waals surface area contributed by atoms with E-state index in [1.807, 2.05) is 0 Å². The van der Waals surface area contributed by atoms with Crippen LogP contribution in [0.2, 0.25) is 0 Å². The summed E-state index contributed by atoms with van der Waals surface area (Å²) >= 11 is 5.31. The first-order valence-corrected chi connectivity index (χ1v) is 4.31. The third-order valence-corrected chi connectivity index (χ3v) is 3.02. The highest BCUT2D eigenvalue weighted by atomic mass is 35.5. The van der Waals surface area contributed by atoms with Gasteiger partial charge in [0.05, 0.1) is 0 Å². The number of halogens is 3. The second-order valence-corrected chi connectivity index (χ2v) is 4.03. The van der Waals surface area contributed by atoms with Gasteiger partial charge in [0.15, 0.2) is 0 Å². The number of hydrogen-bond donors (Lipinski definition) is 0. The van der Waals surface area contributed by atoms with Gasteiger partial charge in [0.2, 0.25) is 11.2 Å². The topological polar surface area (TPSA) is 17.1 Å². The molecule has 0 aromatic carbocycles. The normalized spacial score (nSPS) is 26.7. The maximum Gasteiger partial charge on any atom is 0.248 e. The van der Waals surface area contributed by atoms with Crippen LogP contribution in [0.4, 0.5) is 8.78 Å². The third kappa shape index (κ3) is 1.94. The first-order valence-electron chi connectivity index (χ1n) is 3.94. The number of hydrogen-bond acceptors (Lipinski definition) is 1. The Bertz CT molecular complexity index is 193. The number of carbonyl (C=O) groups excluding carboxylic acids is 1. The van der Waals surface area contributed by atoms with E-state index in [4.69, 9.17) is 11.6 Å². The Morgan fingerprint density at radius 3 is 2.00 bits per heavy atom. The van der Waals surface area contributed by atoms with Crippen molar-refractivity contribution < 1.29 is 13.6 Å². The number of rotatable bonds is 1. The fourth-order valence-electron chi connectivity index (χ4n) is 1.36. The summed E-state index contributed by atoms with van der Waals surface area (Å²) < 4.78 is 25.3. The molecule has 0 radical (unpaired) electrons. The van der Waals surface area contributed by atoms with E-state index in [2.05, 4.69) is 0 Å². The molecule has 1 nitrogen and oxygen atoms in total. The fourth-order valence-corrected chi connectivity index (χ4v) is 1.55. The Kier molecular flexibility index (Phi) is 2.43. The van der Waals surface area contributed by atoms with Gasteiger partial charge in [-0.2, -0.15) is 0 Å². The zero-order valence-electron chi connectivity index (χ0n) is 6.87. The lowest BCUT2D eigenvalue weighted by Crippen LogP contribution is -2.34. The molecule has 0 amide bonds. The largest absolute Gasteiger partial charge is 0.281 e. The van der Waals surface area contributed by atoms with Crippen molar-refractivity contribution in [3.05, 3.63) is 0 Å².